The van der Waals surface area contributed by atoms with Crippen LogP contribution in [-0.4, -0.2) is 30.1 Å². The second-order valence-corrected chi connectivity index (χ2v) is 3.36. The summed E-state index contributed by atoms with van der Waals surface area (Å²) in [5.74, 6) is -0.480. The van der Waals surface area contributed by atoms with Gasteiger partial charge in [-0.1, -0.05) is 6.42 Å². The molecule has 1 heterocycles. The first-order chi connectivity index (χ1) is 5.77. The number of carbonyl (C=O) groups is 1. The Hall–Kier alpha value is -0.610. The van der Waals surface area contributed by atoms with E-state index in [-0.39, 0.29) is 12.9 Å². The summed E-state index contributed by atoms with van der Waals surface area (Å²) in [6, 6.07) is 0. The first-order valence-electron chi connectivity index (χ1n) is 4.27. The van der Waals surface area contributed by atoms with Gasteiger partial charge in [-0.3, -0.25) is 0 Å². The second-order valence-electron chi connectivity index (χ2n) is 3.36. The van der Waals surface area contributed by atoms with Crippen molar-refractivity contribution in [1.29, 1.82) is 0 Å². The van der Waals surface area contributed by atoms with Crippen molar-refractivity contribution in [2.75, 3.05) is 6.61 Å². The molecule has 0 aromatic heterocycles. The minimum absolute atomic E-state index is 0.205. The first kappa shape index (κ1) is 8.01. The van der Waals surface area contributed by atoms with E-state index >= 15 is 0 Å². The Morgan fingerprint density at radius 1 is 1.42 bits per heavy atom. The molecule has 1 saturated heterocycles. The van der Waals surface area contributed by atoms with Crippen molar-refractivity contribution in [1.82, 2.24) is 0 Å². The van der Waals surface area contributed by atoms with Crippen LogP contribution in [0, 0.1) is 5.92 Å². The molecule has 0 spiro atoms. The molecule has 0 bridgehead atoms. The molecule has 1 aliphatic heterocycles. The Bertz CT molecular complexity index is 187. The van der Waals surface area contributed by atoms with E-state index in [0.29, 0.717) is 5.92 Å². The second kappa shape index (κ2) is 3.03. The lowest BCUT2D eigenvalue weighted by molar-refractivity contribution is -0.156. The van der Waals surface area contributed by atoms with Crippen molar-refractivity contribution in [3.8, 4) is 0 Å². The highest BCUT2D eigenvalue weighted by Gasteiger charge is 2.38. The van der Waals surface area contributed by atoms with Gasteiger partial charge in [0, 0.05) is 5.92 Å². The molecule has 0 radical (unpaired) electrons. The lowest BCUT2D eigenvalue weighted by Gasteiger charge is -2.29. The highest BCUT2D eigenvalue weighted by atomic mass is 16.7. The fourth-order valence-corrected chi connectivity index (χ4v) is 1.51. The average molecular weight is 172 g/mol. The van der Waals surface area contributed by atoms with Gasteiger partial charge < -0.3 is 14.6 Å². The Kier molecular flexibility index (Phi) is 2.02. The van der Waals surface area contributed by atoms with Gasteiger partial charge in [0.25, 0.3) is 0 Å². The summed E-state index contributed by atoms with van der Waals surface area (Å²) in [6.45, 7) is 0.205. The molecule has 68 valence electrons. The maximum absolute atomic E-state index is 10.5. The van der Waals surface area contributed by atoms with Gasteiger partial charge in [0.2, 0.25) is 0 Å². The summed E-state index contributed by atoms with van der Waals surface area (Å²) in [4.78, 5) is 10.5. The van der Waals surface area contributed by atoms with Crippen LogP contribution in [0.2, 0.25) is 0 Å². The monoisotopic (exact) mass is 172 g/mol. The molecule has 0 aromatic rings. The molecule has 0 amide bonds. The van der Waals surface area contributed by atoms with Crippen LogP contribution in [0.1, 0.15) is 19.3 Å². The van der Waals surface area contributed by atoms with E-state index < -0.39 is 12.1 Å². The molecule has 1 N–H and O–H groups in total. The first-order valence-corrected chi connectivity index (χ1v) is 4.27. The van der Waals surface area contributed by atoms with E-state index in [0.717, 1.165) is 12.8 Å². The summed E-state index contributed by atoms with van der Waals surface area (Å²) in [5, 5.41) is 8.60. The molecule has 2 rings (SSSR count). The summed E-state index contributed by atoms with van der Waals surface area (Å²) in [7, 11) is 0. The zero-order chi connectivity index (χ0) is 8.55. The number of carboxylic acids is 1. The molecular weight excluding hydrogens is 160 g/mol. The standard InChI is InChI=1S/C8H12O4/c9-7(10)6-4-11-8(12-6)5-2-1-3-5/h5-6,8H,1-4H2,(H,9,10). The van der Waals surface area contributed by atoms with Crippen molar-refractivity contribution in [3.05, 3.63) is 0 Å². The van der Waals surface area contributed by atoms with Crippen molar-refractivity contribution < 1.29 is 19.4 Å². The van der Waals surface area contributed by atoms with Gasteiger partial charge in [-0.25, -0.2) is 4.79 Å². The van der Waals surface area contributed by atoms with Crippen LogP contribution in [0.4, 0.5) is 0 Å². The van der Waals surface area contributed by atoms with E-state index in [2.05, 4.69) is 0 Å². The van der Waals surface area contributed by atoms with Crippen LogP contribution in [0.5, 0.6) is 0 Å². The number of rotatable bonds is 2. The Morgan fingerprint density at radius 3 is 2.58 bits per heavy atom. The maximum Gasteiger partial charge on any atom is 0.335 e. The summed E-state index contributed by atoms with van der Waals surface area (Å²) in [6.07, 6.45) is 2.44. The minimum atomic E-state index is -0.920. The Balaban J connectivity index is 1.84. The van der Waals surface area contributed by atoms with Crippen molar-refractivity contribution in [2.24, 2.45) is 5.92 Å². The van der Waals surface area contributed by atoms with Crippen LogP contribution >= 0.6 is 0 Å². The largest absolute Gasteiger partial charge is 0.479 e. The SMILES string of the molecule is O=C(O)C1COC(C2CCC2)O1. The quantitative estimate of drug-likeness (QED) is 0.663. The zero-order valence-electron chi connectivity index (χ0n) is 6.73. The van der Waals surface area contributed by atoms with Gasteiger partial charge >= 0.3 is 5.97 Å². The number of carboxylic acid groups (broad SMARTS) is 1. The molecular formula is C8H12O4. The molecule has 0 aromatic carbocycles. The van der Waals surface area contributed by atoms with Gasteiger partial charge in [-0.05, 0) is 12.8 Å². The fraction of sp³-hybridized carbons (Fsp3) is 0.875. The summed E-state index contributed by atoms with van der Waals surface area (Å²) in [5.41, 5.74) is 0. The van der Waals surface area contributed by atoms with E-state index in [1.807, 2.05) is 0 Å². The fourth-order valence-electron chi connectivity index (χ4n) is 1.51. The molecule has 4 heteroatoms. The third-order valence-corrected chi connectivity index (χ3v) is 2.52. The topological polar surface area (TPSA) is 55.8 Å². The van der Waals surface area contributed by atoms with E-state index in [1.54, 1.807) is 0 Å². The number of aliphatic carboxylic acids is 1. The van der Waals surface area contributed by atoms with Crippen LogP contribution in [0.25, 0.3) is 0 Å². The highest BCUT2D eigenvalue weighted by molar-refractivity contribution is 5.72. The predicted molar refractivity (Wildman–Crippen MR) is 39.6 cm³/mol. The average Bonchev–Trinajstić information content (AvgIpc) is 2.32. The van der Waals surface area contributed by atoms with Crippen molar-refractivity contribution in [3.63, 3.8) is 0 Å². The normalized spacial score (nSPS) is 36.3. The number of hydrogen-bond donors (Lipinski definition) is 1. The van der Waals surface area contributed by atoms with E-state index in [9.17, 15) is 4.79 Å². The summed E-state index contributed by atoms with van der Waals surface area (Å²) >= 11 is 0. The molecule has 2 fully saturated rings. The van der Waals surface area contributed by atoms with Gasteiger partial charge in [-0.15, -0.1) is 0 Å². The molecule has 4 nitrogen and oxygen atoms in total. The minimum Gasteiger partial charge on any atom is -0.479 e. The maximum atomic E-state index is 10.5. The third kappa shape index (κ3) is 1.32. The third-order valence-electron chi connectivity index (χ3n) is 2.52. The molecule has 1 aliphatic carbocycles. The Morgan fingerprint density at radius 2 is 2.17 bits per heavy atom. The van der Waals surface area contributed by atoms with Crippen LogP contribution in [0.3, 0.4) is 0 Å². The van der Waals surface area contributed by atoms with Crippen molar-refractivity contribution in [2.45, 2.75) is 31.7 Å². The predicted octanol–water partition coefficient (Wildman–Crippen LogP) is 0.613. The van der Waals surface area contributed by atoms with Crippen LogP contribution in [0.15, 0.2) is 0 Å². The molecule has 2 unspecified atom stereocenters. The van der Waals surface area contributed by atoms with Gasteiger partial charge in [0.15, 0.2) is 12.4 Å². The van der Waals surface area contributed by atoms with E-state index in [4.69, 9.17) is 14.6 Å². The van der Waals surface area contributed by atoms with Crippen LogP contribution in [-0.2, 0) is 14.3 Å². The highest BCUT2D eigenvalue weighted by Crippen LogP contribution is 2.34. The van der Waals surface area contributed by atoms with Crippen molar-refractivity contribution >= 4 is 5.97 Å². The smallest absolute Gasteiger partial charge is 0.335 e. The molecule has 2 aliphatic rings. The zero-order valence-corrected chi connectivity index (χ0v) is 6.73. The van der Waals surface area contributed by atoms with Gasteiger partial charge in [0.05, 0.1) is 6.61 Å². The lowest BCUT2D eigenvalue weighted by atomic mass is 9.85. The number of hydrogen-bond acceptors (Lipinski definition) is 3. The van der Waals surface area contributed by atoms with Gasteiger partial charge in [0.1, 0.15) is 0 Å². The lowest BCUT2D eigenvalue weighted by Crippen LogP contribution is -2.29. The van der Waals surface area contributed by atoms with Gasteiger partial charge in [-0.2, -0.15) is 0 Å². The van der Waals surface area contributed by atoms with Crippen LogP contribution < -0.4 is 0 Å². The Labute approximate surface area is 70.5 Å². The summed E-state index contributed by atoms with van der Waals surface area (Å²) < 4.78 is 10.4. The molecule has 1 saturated carbocycles. The number of ether oxygens (including phenoxy) is 2. The molecule has 12 heavy (non-hydrogen) atoms. The van der Waals surface area contributed by atoms with E-state index in [1.165, 1.54) is 6.42 Å². The molecule has 2 atom stereocenters.